The monoisotopic (exact) mass is 256 g/mol. The molecule has 0 spiro atoms. The molecule has 0 radical (unpaired) electrons. The van der Waals surface area contributed by atoms with Crippen LogP contribution < -0.4 is 5.32 Å². The van der Waals surface area contributed by atoms with Gasteiger partial charge in [-0.2, -0.15) is 0 Å². The zero-order valence-corrected chi connectivity index (χ0v) is 10.9. The number of carbonyl (C=O) groups is 3. The molecule has 18 heavy (non-hydrogen) atoms. The van der Waals surface area contributed by atoms with E-state index in [0.717, 1.165) is 12.8 Å². The summed E-state index contributed by atoms with van der Waals surface area (Å²) >= 11 is 0. The first kappa shape index (κ1) is 14.5. The van der Waals surface area contributed by atoms with Crippen molar-refractivity contribution in [2.24, 2.45) is 5.92 Å². The smallest absolute Gasteiger partial charge is 0.310 e. The Bertz CT molecular complexity index is 330. The van der Waals surface area contributed by atoms with Crippen LogP contribution in [0.3, 0.4) is 0 Å². The van der Waals surface area contributed by atoms with Crippen molar-refractivity contribution in [1.29, 1.82) is 0 Å². The quantitative estimate of drug-likeness (QED) is 0.714. The van der Waals surface area contributed by atoms with Crippen LogP contribution in [0, 0.1) is 5.92 Å². The minimum absolute atomic E-state index is 0.0302. The number of esters is 1. The third-order valence-corrected chi connectivity index (χ3v) is 3.02. The Balaban J connectivity index is 2.38. The molecule has 102 valence electrons. The average Bonchev–Trinajstić information content (AvgIpc) is 2.37. The summed E-state index contributed by atoms with van der Waals surface area (Å²) in [6.45, 7) is 2.85. The third-order valence-electron chi connectivity index (χ3n) is 3.02. The Morgan fingerprint density at radius 2 is 2.11 bits per heavy atom. The van der Waals surface area contributed by atoms with Crippen LogP contribution in [0.4, 0.5) is 0 Å². The Hall–Kier alpha value is -1.59. The van der Waals surface area contributed by atoms with Gasteiger partial charge in [0.05, 0.1) is 13.0 Å². The van der Waals surface area contributed by atoms with Crippen LogP contribution in [-0.4, -0.2) is 49.4 Å². The van der Waals surface area contributed by atoms with Gasteiger partial charge in [-0.05, 0) is 12.8 Å². The van der Waals surface area contributed by atoms with Crippen molar-refractivity contribution in [2.75, 3.05) is 26.7 Å². The maximum absolute atomic E-state index is 11.9. The largest absolute Gasteiger partial charge is 0.469 e. The number of carbonyl (C=O) groups excluding carboxylic acids is 3. The fourth-order valence-electron chi connectivity index (χ4n) is 2.07. The SMILES string of the molecule is COC(=O)[C@H]1CCCN(C(=O)CCNC(C)=O)C1. The predicted molar refractivity (Wildman–Crippen MR) is 64.6 cm³/mol. The summed E-state index contributed by atoms with van der Waals surface area (Å²) in [5.74, 6) is -0.644. The Morgan fingerprint density at radius 1 is 1.39 bits per heavy atom. The number of likely N-dealkylation sites (tertiary alicyclic amines) is 1. The van der Waals surface area contributed by atoms with Crippen molar-refractivity contribution in [3.63, 3.8) is 0 Å². The number of hydrogen-bond donors (Lipinski definition) is 1. The van der Waals surface area contributed by atoms with Gasteiger partial charge in [-0.3, -0.25) is 14.4 Å². The third kappa shape index (κ3) is 4.35. The number of hydrogen-bond acceptors (Lipinski definition) is 4. The minimum atomic E-state index is -0.255. The van der Waals surface area contributed by atoms with E-state index in [9.17, 15) is 14.4 Å². The van der Waals surface area contributed by atoms with Gasteiger partial charge in [-0.1, -0.05) is 0 Å². The van der Waals surface area contributed by atoms with Crippen molar-refractivity contribution >= 4 is 17.8 Å². The van der Waals surface area contributed by atoms with E-state index in [1.165, 1.54) is 14.0 Å². The summed E-state index contributed by atoms with van der Waals surface area (Å²) in [4.78, 5) is 35.6. The molecule has 1 atom stereocenters. The highest BCUT2D eigenvalue weighted by atomic mass is 16.5. The molecule has 1 aliphatic heterocycles. The van der Waals surface area contributed by atoms with E-state index in [1.54, 1.807) is 4.90 Å². The summed E-state index contributed by atoms with van der Waals surface area (Å²) in [5, 5.41) is 2.58. The molecule has 0 aliphatic carbocycles. The van der Waals surface area contributed by atoms with Crippen LogP contribution in [0.5, 0.6) is 0 Å². The van der Waals surface area contributed by atoms with E-state index in [4.69, 9.17) is 4.74 Å². The average molecular weight is 256 g/mol. The molecule has 1 rings (SSSR count). The van der Waals surface area contributed by atoms with Gasteiger partial charge < -0.3 is 15.0 Å². The molecule has 0 aromatic rings. The Kier molecular flexibility index (Phi) is 5.61. The fraction of sp³-hybridized carbons (Fsp3) is 0.750. The van der Waals surface area contributed by atoms with Gasteiger partial charge >= 0.3 is 5.97 Å². The lowest BCUT2D eigenvalue weighted by molar-refractivity contribution is -0.148. The number of nitrogens with one attached hydrogen (secondary N) is 1. The normalized spacial score (nSPS) is 19.2. The number of nitrogens with zero attached hydrogens (tertiary/aromatic N) is 1. The van der Waals surface area contributed by atoms with Crippen molar-refractivity contribution in [3.05, 3.63) is 0 Å². The second-order valence-corrected chi connectivity index (χ2v) is 4.44. The van der Waals surface area contributed by atoms with Crippen LogP contribution in [0.15, 0.2) is 0 Å². The first-order valence-electron chi connectivity index (χ1n) is 6.14. The second kappa shape index (κ2) is 6.98. The standard InChI is InChI=1S/C12H20N2O4/c1-9(15)13-6-5-11(16)14-7-3-4-10(8-14)12(17)18-2/h10H,3-8H2,1-2H3,(H,13,15)/t10-/m0/s1. The molecule has 1 aliphatic rings. The zero-order valence-electron chi connectivity index (χ0n) is 10.9. The number of piperidine rings is 1. The van der Waals surface area contributed by atoms with Gasteiger partial charge in [0.25, 0.3) is 0 Å². The van der Waals surface area contributed by atoms with Gasteiger partial charge in [0.15, 0.2) is 0 Å². The number of rotatable bonds is 4. The highest BCUT2D eigenvalue weighted by Gasteiger charge is 2.28. The lowest BCUT2D eigenvalue weighted by Gasteiger charge is -2.31. The molecular weight excluding hydrogens is 236 g/mol. The first-order valence-corrected chi connectivity index (χ1v) is 6.14. The van der Waals surface area contributed by atoms with Gasteiger partial charge in [0.1, 0.15) is 0 Å². The first-order chi connectivity index (χ1) is 8.54. The molecule has 0 aromatic heterocycles. The molecule has 1 saturated heterocycles. The van der Waals surface area contributed by atoms with Crippen molar-refractivity contribution < 1.29 is 19.1 Å². The molecule has 2 amide bonds. The van der Waals surface area contributed by atoms with Gasteiger partial charge in [-0.15, -0.1) is 0 Å². The molecule has 1 N–H and O–H groups in total. The van der Waals surface area contributed by atoms with E-state index in [2.05, 4.69) is 5.32 Å². The number of methoxy groups -OCH3 is 1. The molecule has 6 heteroatoms. The van der Waals surface area contributed by atoms with Crippen molar-refractivity contribution in [2.45, 2.75) is 26.2 Å². The summed E-state index contributed by atoms with van der Waals surface area (Å²) in [5.41, 5.74) is 0. The van der Waals surface area contributed by atoms with Crippen LogP contribution in [0.2, 0.25) is 0 Å². The van der Waals surface area contributed by atoms with Crippen LogP contribution in [0.1, 0.15) is 26.2 Å². The minimum Gasteiger partial charge on any atom is -0.469 e. The maximum Gasteiger partial charge on any atom is 0.310 e. The topological polar surface area (TPSA) is 75.7 Å². The molecular formula is C12H20N2O4. The van der Waals surface area contributed by atoms with E-state index < -0.39 is 0 Å². The highest BCUT2D eigenvalue weighted by molar-refractivity contribution is 5.79. The van der Waals surface area contributed by atoms with Crippen LogP contribution in [0.25, 0.3) is 0 Å². The highest BCUT2D eigenvalue weighted by Crippen LogP contribution is 2.18. The van der Waals surface area contributed by atoms with Gasteiger partial charge in [-0.25, -0.2) is 0 Å². The molecule has 1 heterocycles. The lowest BCUT2D eigenvalue weighted by atomic mass is 9.98. The summed E-state index contributed by atoms with van der Waals surface area (Å²) in [6, 6.07) is 0. The molecule has 0 aromatic carbocycles. The van der Waals surface area contributed by atoms with E-state index in [1.807, 2.05) is 0 Å². The molecule has 0 saturated carbocycles. The summed E-state index contributed by atoms with van der Waals surface area (Å²) in [7, 11) is 1.36. The van der Waals surface area contributed by atoms with E-state index >= 15 is 0 Å². The Labute approximate surface area is 107 Å². The van der Waals surface area contributed by atoms with Gasteiger partial charge in [0, 0.05) is 33.0 Å². The summed E-state index contributed by atoms with van der Waals surface area (Å²) < 4.78 is 4.70. The summed E-state index contributed by atoms with van der Waals surface area (Å²) in [6.07, 6.45) is 1.85. The molecule has 1 fully saturated rings. The Morgan fingerprint density at radius 3 is 2.72 bits per heavy atom. The van der Waals surface area contributed by atoms with E-state index in [0.29, 0.717) is 19.6 Å². The van der Waals surface area contributed by atoms with Gasteiger partial charge in [0.2, 0.25) is 11.8 Å². The zero-order chi connectivity index (χ0) is 13.5. The van der Waals surface area contributed by atoms with Crippen molar-refractivity contribution in [1.82, 2.24) is 10.2 Å². The predicted octanol–water partition coefficient (Wildman–Crippen LogP) is -0.0758. The second-order valence-electron chi connectivity index (χ2n) is 4.44. The van der Waals surface area contributed by atoms with Crippen molar-refractivity contribution in [3.8, 4) is 0 Å². The molecule has 6 nitrogen and oxygen atoms in total. The van der Waals surface area contributed by atoms with Crippen LogP contribution >= 0.6 is 0 Å². The number of ether oxygens (including phenoxy) is 1. The molecule has 0 unspecified atom stereocenters. The van der Waals surface area contributed by atoms with E-state index in [-0.39, 0.29) is 30.1 Å². The number of amides is 2. The molecule has 0 bridgehead atoms. The fourth-order valence-corrected chi connectivity index (χ4v) is 2.07. The van der Waals surface area contributed by atoms with Crippen LogP contribution in [-0.2, 0) is 19.1 Å². The maximum atomic E-state index is 11.9. The lowest BCUT2D eigenvalue weighted by Crippen LogP contribution is -2.43.